The number of aliphatic hydroxyl groups excluding tert-OH is 1. The highest BCUT2D eigenvalue weighted by Crippen LogP contribution is 2.42. The molecule has 1 saturated heterocycles. The standard InChI is InChI=1S/C47H51F10N11O8/c1-44(2,46(52,53)54)36(63-43(74)75-6)38(71)62-33(17-26-10-7-25(8-11-26)9-12-27-20-60-41(61-21-27)66-16-14-59-35(70)24-66)34(69)23-67(65-39(72)37(76-42(73)58-5)45(3,4)47(55,56)57)22-29-30(48)18-28(19-31(29)49)32-13-15-68(64-32)40(50)51/h7-8,10-11,13,15,18-21,33-34,36-37,40,69H,14,16-17,22-24H2,1-6H3,(H,58,73)(H,59,70)(H,62,71)(H,63,74)(H,65,72)/t33-,34-,36+,37+/m0/s1. The van der Waals surface area contributed by atoms with Gasteiger partial charge in [0.25, 0.3) is 5.91 Å². The second-order valence-electron chi connectivity index (χ2n) is 18.2. The molecule has 1 fully saturated rings. The number of ether oxygens (including phenoxy) is 2. The van der Waals surface area contributed by atoms with E-state index in [1.165, 1.54) is 36.7 Å². The Kier molecular flexibility index (Phi) is 18.9. The van der Waals surface area contributed by atoms with E-state index < -0.39 is 115 Å². The number of carbonyl (C=O) groups excluding carboxylic acids is 5. The van der Waals surface area contributed by atoms with Crippen LogP contribution < -0.4 is 31.6 Å². The number of piperazine rings is 1. The van der Waals surface area contributed by atoms with Crippen LogP contribution in [0.4, 0.5) is 59.4 Å². The Balaban J connectivity index is 1.54. The number of hydrazine groups is 1. The van der Waals surface area contributed by atoms with Crippen LogP contribution in [0.15, 0.2) is 61.1 Å². The van der Waals surface area contributed by atoms with Gasteiger partial charge in [0.1, 0.15) is 23.1 Å². The number of alkyl carbamates (subject to hydrolysis) is 2. The largest absolute Gasteiger partial charge is 0.453 e. The normalized spacial score (nSPS) is 14.9. The molecule has 0 aliphatic carbocycles. The molecule has 0 radical (unpaired) electrons. The van der Waals surface area contributed by atoms with E-state index in [1.54, 1.807) is 4.90 Å². The number of methoxy groups -OCH3 is 1. The van der Waals surface area contributed by atoms with Gasteiger partial charge in [0.15, 0.2) is 6.10 Å². The first kappa shape index (κ1) is 59.1. The third kappa shape index (κ3) is 14.8. The average Bonchev–Trinajstić information content (AvgIpc) is 3.86. The summed E-state index contributed by atoms with van der Waals surface area (Å²) >= 11 is 0. The molecular formula is C47H51F10N11O8. The van der Waals surface area contributed by atoms with Crippen molar-refractivity contribution < 1.29 is 82.5 Å². The smallest absolute Gasteiger partial charge is 0.407 e. The minimum atomic E-state index is -5.28. The molecule has 5 rings (SSSR count). The van der Waals surface area contributed by atoms with Gasteiger partial charge < -0.3 is 40.7 Å². The first-order valence-electron chi connectivity index (χ1n) is 22.6. The summed E-state index contributed by atoms with van der Waals surface area (Å²) < 4.78 is 155. The Morgan fingerprint density at radius 3 is 2.01 bits per heavy atom. The second-order valence-corrected chi connectivity index (χ2v) is 18.2. The Labute approximate surface area is 427 Å². The highest BCUT2D eigenvalue weighted by molar-refractivity contribution is 5.87. The van der Waals surface area contributed by atoms with Crippen molar-refractivity contribution in [3.05, 3.63) is 94.9 Å². The molecule has 2 aromatic carbocycles. The van der Waals surface area contributed by atoms with Crippen LogP contribution in [0.3, 0.4) is 0 Å². The zero-order valence-electron chi connectivity index (χ0n) is 41.2. The van der Waals surface area contributed by atoms with E-state index in [9.17, 15) is 64.2 Å². The fourth-order valence-electron chi connectivity index (χ4n) is 7.20. The molecule has 19 nitrogen and oxygen atoms in total. The minimum absolute atomic E-state index is 0.0591. The van der Waals surface area contributed by atoms with E-state index in [2.05, 4.69) is 42.3 Å². The number of halogens is 10. The lowest BCUT2D eigenvalue weighted by atomic mass is 9.82. The Bertz CT molecular complexity index is 2760. The number of hydrogen-bond acceptors (Lipinski definition) is 13. The van der Waals surface area contributed by atoms with Crippen LogP contribution in [0.25, 0.3) is 11.3 Å². The molecule has 1 aliphatic rings. The van der Waals surface area contributed by atoms with Gasteiger partial charge in [-0.1, -0.05) is 24.0 Å². The molecule has 29 heteroatoms. The molecule has 4 aromatic rings. The number of amides is 5. The summed E-state index contributed by atoms with van der Waals surface area (Å²) in [6, 6.07) is 3.80. The Hall–Kier alpha value is -7.74. The molecule has 76 heavy (non-hydrogen) atoms. The molecule has 6 N–H and O–H groups in total. The van der Waals surface area contributed by atoms with Crippen LogP contribution in [0.5, 0.6) is 0 Å². The molecule has 0 unspecified atom stereocenters. The predicted molar refractivity (Wildman–Crippen MR) is 247 cm³/mol. The van der Waals surface area contributed by atoms with Crippen molar-refractivity contribution in [3.63, 3.8) is 0 Å². The molecule has 0 bridgehead atoms. The van der Waals surface area contributed by atoms with Crippen molar-refractivity contribution in [3.8, 4) is 23.1 Å². The SMILES string of the molecule is CNC(=O)O[C@H](C(=O)NN(Cc1c(F)cc(-c2ccn(C(F)F)n2)cc1F)C[C@H](O)[C@H](Cc1ccc(C#Cc2cnc(N3CCNC(=O)C3)nc2)cc1)NC(=O)[C@@H](NC(=O)OC)C(C)(C)C(F)(F)F)C(C)(C)C(F)(F)F. The number of nitrogens with zero attached hydrogens (tertiary/aromatic N) is 6. The number of alkyl halides is 8. The molecule has 4 atom stereocenters. The van der Waals surface area contributed by atoms with Crippen LogP contribution in [0.2, 0.25) is 0 Å². The number of aromatic nitrogens is 4. The van der Waals surface area contributed by atoms with E-state index in [1.807, 2.05) is 16.1 Å². The summed E-state index contributed by atoms with van der Waals surface area (Å²) in [6.45, 7) is -2.40. The van der Waals surface area contributed by atoms with E-state index in [0.29, 0.717) is 75.0 Å². The maximum absolute atomic E-state index is 16.0. The van der Waals surface area contributed by atoms with E-state index in [0.717, 1.165) is 26.4 Å². The lowest BCUT2D eigenvalue weighted by molar-refractivity contribution is -0.239. The number of anilines is 1. The number of hydrogen-bond donors (Lipinski definition) is 6. The first-order chi connectivity index (χ1) is 35.4. The lowest BCUT2D eigenvalue weighted by Crippen LogP contribution is -2.62. The van der Waals surface area contributed by atoms with Crippen LogP contribution in [-0.2, 0) is 36.8 Å². The molecule has 0 spiro atoms. The third-order valence-corrected chi connectivity index (χ3v) is 12.0. The van der Waals surface area contributed by atoms with Crippen LogP contribution in [0, 0.1) is 34.3 Å². The summed E-state index contributed by atoms with van der Waals surface area (Å²) in [7, 11) is 1.76. The fraction of sp³-hybridized carbons (Fsp3) is 0.447. The van der Waals surface area contributed by atoms with Gasteiger partial charge in [0.2, 0.25) is 17.8 Å². The maximum atomic E-state index is 16.0. The van der Waals surface area contributed by atoms with Gasteiger partial charge in [0.05, 0.1) is 42.5 Å². The molecule has 1 aliphatic heterocycles. The lowest BCUT2D eigenvalue weighted by Gasteiger charge is -2.37. The zero-order chi connectivity index (χ0) is 56.5. The molecule has 5 amide bonds. The van der Waals surface area contributed by atoms with Gasteiger partial charge >= 0.3 is 31.1 Å². The topological polar surface area (TPSA) is 234 Å². The fourth-order valence-corrected chi connectivity index (χ4v) is 7.20. The van der Waals surface area contributed by atoms with Gasteiger partial charge in [-0.25, -0.2) is 38.0 Å². The molecule has 412 valence electrons. The quantitative estimate of drug-likeness (QED) is 0.0443. The van der Waals surface area contributed by atoms with Crippen molar-refractivity contribution >= 4 is 35.9 Å². The zero-order valence-corrected chi connectivity index (χ0v) is 41.2. The number of benzene rings is 2. The highest BCUT2D eigenvalue weighted by Gasteiger charge is 2.58. The van der Waals surface area contributed by atoms with Crippen molar-refractivity contribution in [1.29, 1.82) is 0 Å². The van der Waals surface area contributed by atoms with Gasteiger partial charge in [0, 0.05) is 68.5 Å². The minimum Gasteiger partial charge on any atom is -0.453 e. The molecule has 3 heterocycles. The van der Waals surface area contributed by atoms with E-state index in [4.69, 9.17) is 4.74 Å². The number of rotatable bonds is 18. The first-order valence-corrected chi connectivity index (χ1v) is 22.6. The third-order valence-electron chi connectivity index (χ3n) is 12.0. The number of nitrogens with one attached hydrogen (secondary N) is 5. The number of aliphatic hydroxyl groups is 1. The van der Waals surface area contributed by atoms with Crippen LogP contribution >= 0.6 is 0 Å². The average molecular weight is 1090 g/mol. The summed E-state index contributed by atoms with van der Waals surface area (Å²) in [5.74, 6) is -0.403. The van der Waals surface area contributed by atoms with Crippen LogP contribution in [-0.4, -0.2) is 137 Å². The predicted octanol–water partition coefficient (Wildman–Crippen LogP) is 4.90. The molecule has 2 aromatic heterocycles. The van der Waals surface area contributed by atoms with Crippen LogP contribution in [0.1, 0.15) is 56.5 Å². The van der Waals surface area contributed by atoms with E-state index >= 15 is 8.78 Å². The van der Waals surface area contributed by atoms with Gasteiger partial charge in [-0.3, -0.25) is 19.8 Å². The summed E-state index contributed by atoms with van der Waals surface area (Å²) in [4.78, 5) is 74.5. The Morgan fingerprint density at radius 2 is 1.47 bits per heavy atom. The van der Waals surface area contributed by atoms with Gasteiger partial charge in [-0.15, -0.1) is 0 Å². The summed E-state index contributed by atoms with van der Waals surface area (Å²) in [5, 5.41) is 24.7. The van der Waals surface area contributed by atoms with E-state index in [-0.39, 0.29) is 34.0 Å². The molecule has 0 saturated carbocycles. The van der Waals surface area contributed by atoms with Crippen molar-refractivity contribution in [2.24, 2.45) is 10.8 Å². The highest BCUT2D eigenvalue weighted by atomic mass is 19.4. The van der Waals surface area contributed by atoms with Gasteiger partial charge in [-0.05, 0) is 70.0 Å². The van der Waals surface area contributed by atoms with Crippen molar-refractivity contribution in [1.82, 2.24) is 51.5 Å². The Morgan fingerprint density at radius 1 is 0.868 bits per heavy atom. The summed E-state index contributed by atoms with van der Waals surface area (Å²) in [6.07, 6.45) is -15.3. The van der Waals surface area contributed by atoms with Crippen molar-refractivity contribution in [2.75, 3.05) is 45.2 Å². The van der Waals surface area contributed by atoms with Crippen molar-refractivity contribution in [2.45, 2.75) is 83.9 Å². The molecular weight excluding hydrogens is 1040 g/mol. The summed E-state index contributed by atoms with van der Waals surface area (Å²) in [5.41, 5.74) is -4.97. The second kappa shape index (κ2) is 24.3. The van der Waals surface area contributed by atoms with Gasteiger partial charge in [-0.2, -0.15) is 40.2 Å². The monoisotopic (exact) mass is 1090 g/mol. The number of carbonyl (C=O) groups is 5. The maximum Gasteiger partial charge on any atom is 0.407 e.